The number of allylic oxidation sites excluding steroid dienone is 4. The van der Waals surface area contributed by atoms with Gasteiger partial charge in [0, 0.05) is 5.57 Å². The Morgan fingerprint density at radius 2 is 2.33 bits per heavy atom. The minimum Gasteiger partial charge on any atom is -0.298 e. The first-order chi connectivity index (χ1) is 5.92. The van der Waals surface area contributed by atoms with Gasteiger partial charge in [0.2, 0.25) is 0 Å². The average molecular weight is 162 g/mol. The fraction of sp³-hybridized carbons (Fsp3) is 0.545. The minimum atomic E-state index is 0.698. The summed E-state index contributed by atoms with van der Waals surface area (Å²) in [7, 11) is 0. The molecule has 0 amide bonds. The lowest BCUT2D eigenvalue weighted by Crippen LogP contribution is -2.14. The predicted molar refractivity (Wildman–Crippen MR) is 48.8 cm³/mol. The number of aldehydes is 1. The van der Waals surface area contributed by atoms with E-state index in [1.54, 1.807) is 0 Å². The van der Waals surface area contributed by atoms with E-state index in [9.17, 15) is 4.79 Å². The normalized spacial score (nSPS) is 28.5. The lowest BCUT2D eigenvalue weighted by Gasteiger charge is -2.27. The Morgan fingerprint density at radius 1 is 1.42 bits per heavy atom. The molecule has 2 rings (SSSR count). The molecular formula is C11H14O. The summed E-state index contributed by atoms with van der Waals surface area (Å²) in [5.74, 6) is 0.698. The summed E-state index contributed by atoms with van der Waals surface area (Å²) in [5, 5.41) is 0. The number of rotatable bonds is 1. The second-order valence-corrected chi connectivity index (χ2v) is 3.68. The van der Waals surface area contributed by atoms with Gasteiger partial charge in [-0.15, -0.1) is 0 Å². The van der Waals surface area contributed by atoms with Crippen molar-refractivity contribution in [2.24, 2.45) is 5.92 Å². The molecule has 0 aromatic heterocycles. The zero-order valence-electron chi connectivity index (χ0n) is 7.25. The fourth-order valence-electron chi connectivity index (χ4n) is 2.31. The predicted octanol–water partition coefficient (Wildman–Crippen LogP) is 2.63. The Morgan fingerprint density at radius 3 is 3.17 bits per heavy atom. The Bertz CT molecular complexity index is 248. The van der Waals surface area contributed by atoms with Gasteiger partial charge in [-0.1, -0.05) is 24.1 Å². The van der Waals surface area contributed by atoms with Gasteiger partial charge in [-0.2, -0.15) is 0 Å². The van der Waals surface area contributed by atoms with Gasteiger partial charge in [-0.25, -0.2) is 0 Å². The van der Waals surface area contributed by atoms with Crippen molar-refractivity contribution < 1.29 is 4.79 Å². The summed E-state index contributed by atoms with van der Waals surface area (Å²) in [4.78, 5) is 10.7. The van der Waals surface area contributed by atoms with Crippen LogP contribution < -0.4 is 0 Å². The first-order valence-corrected chi connectivity index (χ1v) is 4.76. The van der Waals surface area contributed by atoms with Crippen LogP contribution in [0.2, 0.25) is 0 Å². The molecule has 1 heteroatoms. The zero-order chi connectivity index (χ0) is 8.39. The van der Waals surface area contributed by atoms with Crippen LogP contribution in [0.15, 0.2) is 23.3 Å². The van der Waals surface area contributed by atoms with Crippen LogP contribution in [0.25, 0.3) is 0 Å². The van der Waals surface area contributed by atoms with Crippen LogP contribution in [0.4, 0.5) is 0 Å². The molecule has 0 N–H and O–H groups in total. The van der Waals surface area contributed by atoms with Crippen LogP contribution in [-0.4, -0.2) is 6.29 Å². The average Bonchev–Trinajstić information content (AvgIpc) is 2.17. The number of carbonyl (C=O) groups excluding carboxylic acids is 1. The topological polar surface area (TPSA) is 17.1 Å². The smallest absolute Gasteiger partial charge is 0.150 e. The lowest BCUT2D eigenvalue weighted by molar-refractivity contribution is -0.104. The standard InChI is InChI=1S/C11H14O/c12-8-10-6-3-5-9-4-1-2-7-11(9)10/h3,6,8-9H,1-2,4-5,7H2. The molecule has 0 saturated heterocycles. The van der Waals surface area contributed by atoms with E-state index in [0.29, 0.717) is 5.92 Å². The van der Waals surface area contributed by atoms with Crippen LogP contribution in [-0.2, 0) is 4.79 Å². The molecule has 0 aliphatic heterocycles. The minimum absolute atomic E-state index is 0.698. The van der Waals surface area contributed by atoms with E-state index in [-0.39, 0.29) is 0 Å². The molecule has 2 aliphatic rings. The highest BCUT2D eigenvalue weighted by atomic mass is 16.1. The van der Waals surface area contributed by atoms with Crippen molar-refractivity contribution in [3.8, 4) is 0 Å². The quantitative estimate of drug-likeness (QED) is 0.542. The molecule has 64 valence electrons. The van der Waals surface area contributed by atoms with E-state index in [4.69, 9.17) is 0 Å². The van der Waals surface area contributed by atoms with Crippen LogP contribution in [0.3, 0.4) is 0 Å². The fourth-order valence-corrected chi connectivity index (χ4v) is 2.31. The number of fused-ring (bicyclic) bond motifs is 1. The van der Waals surface area contributed by atoms with Gasteiger partial charge in [-0.3, -0.25) is 4.79 Å². The van der Waals surface area contributed by atoms with Gasteiger partial charge in [0.15, 0.2) is 0 Å². The van der Waals surface area contributed by atoms with E-state index in [1.807, 2.05) is 6.08 Å². The van der Waals surface area contributed by atoms with Crippen LogP contribution in [0, 0.1) is 5.92 Å². The monoisotopic (exact) mass is 162 g/mol. The van der Waals surface area contributed by atoms with Gasteiger partial charge < -0.3 is 0 Å². The first kappa shape index (κ1) is 7.78. The van der Waals surface area contributed by atoms with E-state index in [2.05, 4.69) is 6.08 Å². The van der Waals surface area contributed by atoms with Crippen molar-refractivity contribution in [2.75, 3.05) is 0 Å². The van der Waals surface area contributed by atoms with Crippen molar-refractivity contribution in [3.63, 3.8) is 0 Å². The SMILES string of the molecule is O=CC1=C2CCCCC2CC=C1. The molecule has 12 heavy (non-hydrogen) atoms. The molecule has 0 aromatic rings. The van der Waals surface area contributed by atoms with E-state index >= 15 is 0 Å². The maximum Gasteiger partial charge on any atom is 0.150 e. The summed E-state index contributed by atoms with van der Waals surface area (Å²) in [6.07, 6.45) is 11.4. The van der Waals surface area contributed by atoms with Crippen molar-refractivity contribution in [1.29, 1.82) is 0 Å². The van der Waals surface area contributed by atoms with Crippen LogP contribution in [0.5, 0.6) is 0 Å². The maximum absolute atomic E-state index is 10.7. The number of hydrogen-bond acceptors (Lipinski definition) is 1. The third-order valence-corrected chi connectivity index (χ3v) is 2.96. The first-order valence-electron chi connectivity index (χ1n) is 4.76. The van der Waals surface area contributed by atoms with E-state index < -0.39 is 0 Å². The molecule has 0 radical (unpaired) electrons. The largest absolute Gasteiger partial charge is 0.298 e. The van der Waals surface area contributed by atoms with Gasteiger partial charge in [0.25, 0.3) is 0 Å². The Labute approximate surface area is 73.2 Å². The molecule has 1 unspecified atom stereocenters. The molecule has 0 bridgehead atoms. The van der Waals surface area contributed by atoms with Crippen molar-refractivity contribution >= 4 is 6.29 Å². The summed E-state index contributed by atoms with van der Waals surface area (Å²) in [6, 6.07) is 0. The molecule has 1 nitrogen and oxygen atoms in total. The molecule has 0 spiro atoms. The molecule has 0 aromatic carbocycles. The van der Waals surface area contributed by atoms with Crippen molar-refractivity contribution in [2.45, 2.75) is 32.1 Å². The second-order valence-electron chi connectivity index (χ2n) is 3.68. The zero-order valence-corrected chi connectivity index (χ0v) is 7.25. The number of hydrogen-bond donors (Lipinski definition) is 0. The summed E-state index contributed by atoms with van der Waals surface area (Å²) in [5.41, 5.74) is 2.39. The third kappa shape index (κ3) is 1.24. The van der Waals surface area contributed by atoms with Crippen molar-refractivity contribution in [3.05, 3.63) is 23.3 Å². The molecular weight excluding hydrogens is 148 g/mol. The molecule has 1 saturated carbocycles. The Hall–Kier alpha value is -0.850. The van der Waals surface area contributed by atoms with Crippen LogP contribution >= 0.6 is 0 Å². The van der Waals surface area contributed by atoms with Gasteiger partial charge in [0.1, 0.15) is 6.29 Å². The van der Waals surface area contributed by atoms with Gasteiger partial charge >= 0.3 is 0 Å². The third-order valence-electron chi connectivity index (χ3n) is 2.96. The van der Waals surface area contributed by atoms with Gasteiger partial charge in [0.05, 0.1) is 0 Å². The van der Waals surface area contributed by atoms with Crippen LogP contribution in [0.1, 0.15) is 32.1 Å². The highest BCUT2D eigenvalue weighted by Gasteiger charge is 2.22. The Balaban J connectivity index is 2.30. The highest BCUT2D eigenvalue weighted by molar-refractivity contribution is 5.79. The summed E-state index contributed by atoms with van der Waals surface area (Å²) in [6.45, 7) is 0. The van der Waals surface area contributed by atoms with E-state index in [0.717, 1.165) is 24.7 Å². The van der Waals surface area contributed by atoms with E-state index in [1.165, 1.54) is 24.8 Å². The molecule has 2 aliphatic carbocycles. The molecule has 1 fully saturated rings. The molecule has 1 atom stereocenters. The summed E-state index contributed by atoms with van der Waals surface area (Å²) < 4.78 is 0. The summed E-state index contributed by atoms with van der Waals surface area (Å²) >= 11 is 0. The second kappa shape index (κ2) is 3.26. The Kier molecular flexibility index (Phi) is 2.11. The van der Waals surface area contributed by atoms with Gasteiger partial charge in [-0.05, 0) is 31.6 Å². The number of carbonyl (C=O) groups is 1. The molecule has 0 heterocycles. The highest BCUT2D eigenvalue weighted by Crippen LogP contribution is 2.36. The maximum atomic E-state index is 10.7. The lowest BCUT2D eigenvalue weighted by atomic mass is 9.77. The van der Waals surface area contributed by atoms with Crippen molar-refractivity contribution in [1.82, 2.24) is 0 Å².